The van der Waals surface area contributed by atoms with Crippen LogP contribution in [0.5, 0.6) is 5.75 Å². The highest BCUT2D eigenvalue weighted by atomic mass is 16.3. The van der Waals surface area contributed by atoms with Gasteiger partial charge in [0.2, 0.25) is 5.95 Å². The van der Waals surface area contributed by atoms with Crippen LogP contribution < -0.4 is 10.6 Å². The fourth-order valence-corrected chi connectivity index (χ4v) is 3.86. The normalized spacial score (nSPS) is 15.4. The molecule has 3 heterocycles. The summed E-state index contributed by atoms with van der Waals surface area (Å²) in [6.07, 6.45) is 2.16. The van der Waals surface area contributed by atoms with Crippen molar-refractivity contribution in [1.29, 1.82) is 0 Å². The van der Waals surface area contributed by atoms with E-state index in [1.165, 1.54) is 11.1 Å². The maximum Gasteiger partial charge on any atom is 0.204 e. The summed E-state index contributed by atoms with van der Waals surface area (Å²) in [6, 6.07) is 8.27. The minimum Gasteiger partial charge on any atom is -0.506 e. The summed E-state index contributed by atoms with van der Waals surface area (Å²) in [7, 11) is 0. The van der Waals surface area contributed by atoms with Crippen molar-refractivity contribution in [3.63, 3.8) is 0 Å². The van der Waals surface area contributed by atoms with E-state index in [1.54, 1.807) is 6.07 Å². The predicted molar refractivity (Wildman–Crippen MR) is 108 cm³/mol. The van der Waals surface area contributed by atoms with Crippen molar-refractivity contribution in [3.05, 3.63) is 46.8 Å². The van der Waals surface area contributed by atoms with Gasteiger partial charge in [-0.1, -0.05) is 6.07 Å². The summed E-state index contributed by atoms with van der Waals surface area (Å²) < 4.78 is 2.15. The van der Waals surface area contributed by atoms with Crippen LogP contribution in [0.25, 0.3) is 11.0 Å². The van der Waals surface area contributed by atoms with Gasteiger partial charge in [0, 0.05) is 11.7 Å². The molecule has 1 aliphatic rings. The van der Waals surface area contributed by atoms with E-state index in [0.29, 0.717) is 18.3 Å². The van der Waals surface area contributed by atoms with Gasteiger partial charge in [0.05, 0.1) is 17.6 Å². The Bertz CT molecular complexity index is 972. The van der Waals surface area contributed by atoms with E-state index in [4.69, 9.17) is 4.98 Å². The van der Waals surface area contributed by atoms with Gasteiger partial charge in [0.15, 0.2) is 0 Å². The average Bonchev–Trinajstić information content (AvgIpc) is 2.97. The monoisotopic (exact) mass is 365 g/mol. The highest BCUT2D eigenvalue weighted by molar-refractivity contribution is 5.83. The van der Waals surface area contributed by atoms with Crippen LogP contribution >= 0.6 is 0 Å². The number of fused-ring (bicyclic) bond motifs is 1. The van der Waals surface area contributed by atoms with Gasteiger partial charge in [-0.05, 0) is 76.0 Å². The van der Waals surface area contributed by atoms with Crippen molar-refractivity contribution >= 4 is 17.0 Å². The summed E-state index contributed by atoms with van der Waals surface area (Å²) in [4.78, 5) is 9.47. The van der Waals surface area contributed by atoms with Crippen LogP contribution in [0.4, 0.5) is 5.95 Å². The molecule has 1 aliphatic heterocycles. The molecule has 0 bridgehead atoms. The number of aryl methyl sites for hydroxylation is 3. The molecule has 2 aromatic heterocycles. The average molecular weight is 365 g/mol. The molecular formula is C21H27N5O. The lowest BCUT2D eigenvalue weighted by molar-refractivity contribution is 0.460. The van der Waals surface area contributed by atoms with E-state index in [9.17, 15) is 5.11 Å². The third-order valence-corrected chi connectivity index (χ3v) is 5.26. The Labute approximate surface area is 159 Å². The van der Waals surface area contributed by atoms with Crippen LogP contribution in [-0.2, 0) is 6.54 Å². The first-order valence-corrected chi connectivity index (χ1v) is 9.61. The Balaban J connectivity index is 1.79. The molecule has 142 valence electrons. The lowest BCUT2D eigenvalue weighted by atomic mass is 10.1. The van der Waals surface area contributed by atoms with Crippen LogP contribution in [0.3, 0.4) is 0 Å². The van der Waals surface area contributed by atoms with Crippen LogP contribution in [-0.4, -0.2) is 38.8 Å². The number of rotatable bonds is 4. The number of piperidine rings is 1. The van der Waals surface area contributed by atoms with Crippen LogP contribution in [0.2, 0.25) is 0 Å². The fourth-order valence-electron chi connectivity index (χ4n) is 3.86. The molecule has 4 rings (SSSR count). The van der Waals surface area contributed by atoms with Crippen LogP contribution in [0, 0.1) is 20.8 Å². The van der Waals surface area contributed by atoms with E-state index < -0.39 is 0 Å². The third kappa shape index (κ3) is 3.62. The Morgan fingerprint density at radius 3 is 2.70 bits per heavy atom. The van der Waals surface area contributed by atoms with E-state index in [2.05, 4.69) is 46.2 Å². The molecule has 0 unspecified atom stereocenters. The van der Waals surface area contributed by atoms with Crippen molar-refractivity contribution in [2.45, 2.75) is 46.2 Å². The molecule has 0 atom stereocenters. The van der Waals surface area contributed by atoms with Crippen molar-refractivity contribution < 1.29 is 5.11 Å². The number of hydrogen-bond donors (Lipinski definition) is 3. The van der Waals surface area contributed by atoms with Gasteiger partial charge in [-0.15, -0.1) is 0 Å². The van der Waals surface area contributed by atoms with Gasteiger partial charge in [-0.25, -0.2) is 4.98 Å². The Morgan fingerprint density at radius 1 is 1.15 bits per heavy atom. The standard InChI is InChI=1S/C21H27N5O/c1-13-10-14(2)20-18(11-13)26(12-17-19(27)5-4-15(3)23-17)21(25-20)24-16-6-8-22-9-7-16/h4-5,10-11,16,22,27H,6-9,12H2,1-3H3,(H,24,25). The van der Waals surface area contributed by atoms with Crippen LogP contribution in [0.15, 0.2) is 24.3 Å². The minimum atomic E-state index is 0.222. The number of imidazole rings is 1. The summed E-state index contributed by atoms with van der Waals surface area (Å²) in [5, 5.41) is 17.3. The molecule has 6 nitrogen and oxygen atoms in total. The van der Waals surface area contributed by atoms with Gasteiger partial charge in [0.1, 0.15) is 11.4 Å². The number of nitrogens with one attached hydrogen (secondary N) is 2. The van der Waals surface area contributed by atoms with Gasteiger partial charge < -0.3 is 20.3 Å². The SMILES string of the molecule is Cc1cc(C)c2nc(NC3CCNCC3)n(Cc3nc(C)ccc3O)c2c1. The summed E-state index contributed by atoms with van der Waals surface area (Å²) in [6.45, 7) is 8.68. The quantitative estimate of drug-likeness (QED) is 0.662. The molecule has 1 aromatic carbocycles. The third-order valence-electron chi connectivity index (χ3n) is 5.26. The smallest absolute Gasteiger partial charge is 0.204 e. The lowest BCUT2D eigenvalue weighted by Gasteiger charge is -2.24. The number of pyridine rings is 1. The van der Waals surface area contributed by atoms with Crippen molar-refractivity contribution in [1.82, 2.24) is 19.9 Å². The molecule has 1 fully saturated rings. The predicted octanol–water partition coefficient (Wildman–Crippen LogP) is 3.27. The first-order chi connectivity index (χ1) is 13.0. The largest absolute Gasteiger partial charge is 0.506 e. The molecule has 0 radical (unpaired) electrons. The Morgan fingerprint density at radius 2 is 1.93 bits per heavy atom. The first kappa shape index (κ1) is 17.8. The number of aromatic hydroxyl groups is 1. The van der Waals surface area contributed by atoms with Crippen molar-refractivity contribution in [3.8, 4) is 5.75 Å². The zero-order valence-electron chi connectivity index (χ0n) is 16.2. The zero-order chi connectivity index (χ0) is 19.0. The lowest BCUT2D eigenvalue weighted by Crippen LogP contribution is -2.36. The molecule has 0 spiro atoms. The number of hydrogen-bond acceptors (Lipinski definition) is 5. The fraction of sp³-hybridized carbons (Fsp3) is 0.429. The molecule has 3 N–H and O–H groups in total. The van der Waals surface area contributed by atoms with E-state index >= 15 is 0 Å². The van der Waals surface area contributed by atoms with Gasteiger partial charge in [0.25, 0.3) is 0 Å². The molecule has 1 saturated heterocycles. The molecule has 0 amide bonds. The minimum absolute atomic E-state index is 0.222. The second-order valence-corrected chi connectivity index (χ2v) is 7.56. The number of anilines is 1. The first-order valence-electron chi connectivity index (χ1n) is 9.61. The van der Waals surface area contributed by atoms with E-state index in [0.717, 1.165) is 48.6 Å². The zero-order valence-corrected chi connectivity index (χ0v) is 16.2. The maximum absolute atomic E-state index is 10.3. The second kappa shape index (κ2) is 7.19. The van der Waals surface area contributed by atoms with Gasteiger partial charge >= 0.3 is 0 Å². The number of nitrogens with zero attached hydrogens (tertiary/aromatic N) is 3. The molecular weight excluding hydrogens is 338 g/mol. The van der Waals surface area contributed by atoms with Gasteiger partial charge in [-0.3, -0.25) is 4.98 Å². The van der Waals surface area contributed by atoms with E-state index in [1.807, 2.05) is 13.0 Å². The Hall–Kier alpha value is -2.60. The number of benzene rings is 1. The summed E-state index contributed by atoms with van der Waals surface area (Å²) >= 11 is 0. The maximum atomic E-state index is 10.3. The topological polar surface area (TPSA) is 75.0 Å². The molecule has 3 aromatic rings. The van der Waals surface area contributed by atoms with Gasteiger partial charge in [-0.2, -0.15) is 0 Å². The van der Waals surface area contributed by atoms with Crippen molar-refractivity contribution in [2.75, 3.05) is 18.4 Å². The molecule has 0 saturated carbocycles. The summed E-state index contributed by atoms with van der Waals surface area (Å²) in [5.74, 6) is 1.08. The van der Waals surface area contributed by atoms with Crippen LogP contribution in [0.1, 0.15) is 35.4 Å². The molecule has 27 heavy (non-hydrogen) atoms. The highest BCUT2D eigenvalue weighted by Gasteiger charge is 2.19. The second-order valence-electron chi connectivity index (χ2n) is 7.56. The van der Waals surface area contributed by atoms with Crippen molar-refractivity contribution in [2.24, 2.45) is 0 Å². The molecule has 0 aliphatic carbocycles. The summed E-state index contributed by atoms with van der Waals surface area (Å²) in [5.41, 5.74) is 6.01. The number of aromatic nitrogens is 3. The Kier molecular flexibility index (Phi) is 4.74. The molecule has 6 heteroatoms. The highest BCUT2D eigenvalue weighted by Crippen LogP contribution is 2.28. The van der Waals surface area contributed by atoms with E-state index in [-0.39, 0.29) is 5.75 Å².